The molecule has 12 rings (SSSR count). The predicted molar refractivity (Wildman–Crippen MR) is 227 cm³/mol. The summed E-state index contributed by atoms with van der Waals surface area (Å²) in [5.74, 6) is 0.714. The Hall–Kier alpha value is -7.16. The van der Waals surface area contributed by atoms with Gasteiger partial charge in [-0.25, -0.2) is 9.97 Å². The van der Waals surface area contributed by atoms with E-state index < -0.39 is 5.41 Å². The van der Waals surface area contributed by atoms with Crippen LogP contribution in [0.2, 0.25) is 0 Å². The van der Waals surface area contributed by atoms with Crippen LogP contribution in [0.4, 0.5) is 0 Å². The molecule has 0 amide bonds. The summed E-state index contributed by atoms with van der Waals surface area (Å²) >= 11 is 0. The number of rotatable bonds is 3. The lowest BCUT2D eigenvalue weighted by atomic mass is 9.69. The minimum atomic E-state index is -0.491. The highest BCUT2D eigenvalue weighted by Gasteiger charge is 2.52. The topological polar surface area (TPSA) is 25.8 Å². The lowest BCUT2D eigenvalue weighted by Gasteiger charge is -2.32. The molecule has 1 spiro atoms. The number of fused-ring (bicyclic) bond motifs is 14. The van der Waals surface area contributed by atoms with Crippen LogP contribution in [0.3, 0.4) is 0 Å². The zero-order chi connectivity index (χ0) is 36.1. The molecule has 0 unspecified atom stereocenters. The molecule has 0 atom stereocenters. The summed E-state index contributed by atoms with van der Waals surface area (Å²) in [6, 6.07) is 70.8. The van der Waals surface area contributed by atoms with Crippen molar-refractivity contribution in [2.45, 2.75) is 5.41 Å². The fourth-order valence-corrected chi connectivity index (χ4v) is 9.81. The molecule has 0 radical (unpaired) electrons. The summed E-state index contributed by atoms with van der Waals surface area (Å²) in [6.07, 6.45) is 0. The van der Waals surface area contributed by atoms with Crippen LogP contribution in [0.5, 0.6) is 0 Å². The van der Waals surface area contributed by atoms with E-state index in [0.29, 0.717) is 5.82 Å². The molecule has 0 fully saturated rings. The van der Waals surface area contributed by atoms with Crippen LogP contribution >= 0.6 is 0 Å². The van der Waals surface area contributed by atoms with E-state index in [1.807, 2.05) is 6.07 Å². The van der Waals surface area contributed by atoms with Crippen molar-refractivity contribution in [1.29, 1.82) is 0 Å². The van der Waals surface area contributed by atoms with Gasteiger partial charge in [0.1, 0.15) is 0 Å². The van der Waals surface area contributed by atoms with E-state index in [-0.39, 0.29) is 0 Å². The number of hydrogen-bond donors (Lipinski definition) is 0. The quantitative estimate of drug-likeness (QED) is 0.136. The second-order valence-electron chi connectivity index (χ2n) is 14.8. The van der Waals surface area contributed by atoms with E-state index >= 15 is 0 Å². The molecule has 2 aliphatic carbocycles. The van der Waals surface area contributed by atoms with Gasteiger partial charge in [0.2, 0.25) is 0 Å². The second-order valence-corrected chi connectivity index (χ2v) is 14.8. The van der Waals surface area contributed by atoms with E-state index in [9.17, 15) is 0 Å². The maximum absolute atomic E-state index is 5.46. The van der Waals surface area contributed by atoms with Gasteiger partial charge in [-0.1, -0.05) is 176 Å². The van der Waals surface area contributed by atoms with Crippen molar-refractivity contribution >= 4 is 32.3 Å². The van der Waals surface area contributed by atoms with Crippen molar-refractivity contribution in [2.75, 3.05) is 0 Å². The van der Waals surface area contributed by atoms with Gasteiger partial charge in [0.05, 0.1) is 16.8 Å². The summed E-state index contributed by atoms with van der Waals surface area (Å²) in [7, 11) is 0. The molecule has 254 valence electrons. The molecule has 0 aliphatic heterocycles. The van der Waals surface area contributed by atoms with Crippen molar-refractivity contribution in [3.63, 3.8) is 0 Å². The minimum Gasteiger partial charge on any atom is -0.228 e. The maximum Gasteiger partial charge on any atom is 0.160 e. The molecular formula is C53H32N2. The van der Waals surface area contributed by atoms with Gasteiger partial charge in [0.25, 0.3) is 0 Å². The summed E-state index contributed by atoms with van der Waals surface area (Å²) in [4.78, 5) is 10.8. The normalized spacial score (nSPS) is 13.2. The lowest BCUT2D eigenvalue weighted by Crippen LogP contribution is -2.26. The number of nitrogens with zero attached hydrogens (tertiary/aromatic N) is 2. The number of hydrogen-bond acceptors (Lipinski definition) is 2. The molecule has 10 aromatic rings. The standard InChI is InChI=1S/C53H32N2/c1-2-14-33(15-3-1)52-54-49(42-22-12-21-37-38(42)29-28-36-30-34-16-4-5-17-35(34)31-45(36)37)32-50(55-52)44-24-13-23-43-41-20-8-11-27-48(41)53(51(43)44)46-25-9-6-18-39(46)40-19-7-10-26-47(40)53/h1-32H. The Morgan fingerprint density at radius 1 is 0.309 bits per heavy atom. The van der Waals surface area contributed by atoms with E-state index in [1.54, 1.807) is 0 Å². The third kappa shape index (κ3) is 4.19. The van der Waals surface area contributed by atoms with Gasteiger partial charge in [-0.3, -0.25) is 0 Å². The fraction of sp³-hybridized carbons (Fsp3) is 0.0189. The van der Waals surface area contributed by atoms with Crippen molar-refractivity contribution in [1.82, 2.24) is 9.97 Å². The molecule has 0 N–H and O–H groups in total. The van der Waals surface area contributed by atoms with Crippen LogP contribution < -0.4 is 0 Å². The summed E-state index contributed by atoms with van der Waals surface area (Å²) in [5.41, 5.74) is 14.9. The third-order valence-corrected chi connectivity index (χ3v) is 12.1. The molecule has 1 heterocycles. The van der Waals surface area contributed by atoms with Gasteiger partial charge in [-0.15, -0.1) is 0 Å². The van der Waals surface area contributed by atoms with E-state index in [4.69, 9.17) is 9.97 Å². The van der Waals surface area contributed by atoms with Gasteiger partial charge in [0, 0.05) is 16.7 Å². The van der Waals surface area contributed by atoms with Crippen molar-refractivity contribution < 1.29 is 0 Å². The Bertz CT molecular complexity index is 3150. The lowest BCUT2D eigenvalue weighted by molar-refractivity contribution is 0.795. The molecule has 0 bridgehead atoms. The molecule has 2 aliphatic rings. The summed E-state index contributed by atoms with van der Waals surface area (Å²) in [5, 5.41) is 7.37. The highest BCUT2D eigenvalue weighted by molar-refractivity contribution is 6.15. The molecule has 0 saturated carbocycles. The van der Waals surface area contributed by atoms with E-state index in [1.165, 1.54) is 76.8 Å². The SMILES string of the molecule is c1ccc(-c2nc(-c3cccc4c3C3(c5ccccc5-c5ccccc53)c3ccccc3-4)cc(-c3cccc4c3ccc3cc5ccccc5cc34)n2)cc1. The molecule has 9 aromatic carbocycles. The average molecular weight is 697 g/mol. The third-order valence-electron chi connectivity index (χ3n) is 12.1. The highest BCUT2D eigenvalue weighted by atomic mass is 14.9. The first-order valence-electron chi connectivity index (χ1n) is 19.0. The highest BCUT2D eigenvalue weighted by Crippen LogP contribution is 2.64. The molecule has 2 heteroatoms. The Morgan fingerprint density at radius 3 is 1.55 bits per heavy atom. The fourth-order valence-electron chi connectivity index (χ4n) is 9.81. The average Bonchev–Trinajstić information content (AvgIpc) is 3.73. The molecular weight excluding hydrogens is 665 g/mol. The monoisotopic (exact) mass is 696 g/mol. The van der Waals surface area contributed by atoms with Crippen LogP contribution in [0.1, 0.15) is 22.3 Å². The Morgan fingerprint density at radius 2 is 0.836 bits per heavy atom. The molecule has 55 heavy (non-hydrogen) atoms. The predicted octanol–water partition coefficient (Wildman–Crippen LogP) is 13.3. The first kappa shape index (κ1) is 30.3. The van der Waals surface area contributed by atoms with Gasteiger partial charge in [0.15, 0.2) is 5.82 Å². The summed E-state index contributed by atoms with van der Waals surface area (Å²) in [6.45, 7) is 0. The van der Waals surface area contributed by atoms with Gasteiger partial charge >= 0.3 is 0 Å². The largest absolute Gasteiger partial charge is 0.228 e. The molecule has 2 nitrogen and oxygen atoms in total. The minimum absolute atomic E-state index is 0.491. The number of aromatic nitrogens is 2. The summed E-state index contributed by atoms with van der Waals surface area (Å²) < 4.78 is 0. The van der Waals surface area contributed by atoms with Crippen LogP contribution in [0.25, 0.3) is 88.5 Å². The van der Waals surface area contributed by atoms with Crippen molar-refractivity contribution in [3.05, 3.63) is 216 Å². The Kier molecular flexibility index (Phi) is 6.29. The van der Waals surface area contributed by atoms with Crippen LogP contribution in [-0.2, 0) is 5.41 Å². The number of benzene rings is 9. The Balaban J connectivity index is 1.16. The van der Waals surface area contributed by atoms with Crippen LogP contribution in [0, 0.1) is 0 Å². The van der Waals surface area contributed by atoms with Gasteiger partial charge < -0.3 is 0 Å². The van der Waals surface area contributed by atoms with Crippen molar-refractivity contribution in [3.8, 4) is 56.2 Å². The zero-order valence-corrected chi connectivity index (χ0v) is 29.9. The van der Waals surface area contributed by atoms with Crippen molar-refractivity contribution in [2.24, 2.45) is 0 Å². The molecule has 1 aromatic heterocycles. The van der Waals surface area contributed by atoms with Crippen LogP contribution in [0.15, 0.2) is 194 Å². The maximum atomic E-state index is 5.46. The van der Waals surface area contributed by atoms with Gasteiger partial charge in [-0.2, -0.15) is 0 Å². The van der Waals surface area contributed by atoms with Gasteiger partial charge in [-0.05, 0) is 95.0 Å². The Labute approximate surface area is 319 Å². The van der Waals surface area contributed by atoms with Crippen LogP contribution in [-0.4, -0.2) is 9.97 Å². The first-order valence-corrected chi connectivity index (χ1v) is 19.0. The smallest absolute Gasteiger partial charge is 0.160 e. The molecule has 0 saturated heterocycles. The second kappa shape index (κ2) is 11.4. The van der Waals surface area contributed by atoms with E-state index in [2.05, 4.69) is 188 Å². The first-order chi connectivity index (χ1) is 27.3. The zero-order valence-electron chi connectivity index (χ0n) is 29.9. The van der Waals surface area contributed by atoms with E-state index in [0.717, 1.165) is 28.1 Å².